The van der Waals surface area contributed by atoms with Crippen molar-refractivity contribution in [3.63, 3.8) is 0 Å². The number of fused-ring (bicyclic) bond motifs is 5. The third-order valence-corrected chi connectivity index (χ3v) is 9.77. The quantitative estimate of drug-likeness (QED) is 0.185. The molecule has 0 aromatic carbocycles. The fourth-order valence-corrected chi connectivity index (χ4v) is 8.20. The summed E-state index contributed by atoms with van der Waals surface area (Å²) in [5, 5.41) is 0. The van der Waals surface area contributed by atoms with E-state index in [0.29, 0.717) is 48.2 Å². The van der Waals surface area contributed by atoms with Gasteiger partial charge in [-0.15, -0.1) is 0 Å². The summed E-state index contributed by atoms with van der Waals surface area (Å²) in [5.74, 6) is 3.25. The zero-order valence-electron chi connectivity index (χ0n) is 22.2. The van der Waals surface area contributed by atoms with Crippen LogP contribution in [0.15, 0.2) is 23.3 Å². The summed E-state index contributed by atoms with van der Waals surface area (Å²) in [6.07, 6.45) is 19.8. The molecule has 3 unspecified atom stereocenters. The maximum atomic E-state index is 12.8. The molecule has 0 aromatic heterocycles. The Labute approximate surface area is 208 Å². The normalized spacial score (nSPS) is 36.8. The highest BCUT2D eigenvalue weighted by molar-refractivity contribution is 5.91. The van der Waals surface area contributed by atoms with Crippen LogP contribution in [0, 0.1) is 35.0 Å². The lowest BCUT2D eigenvalue weighted by molar-refractivity contribution is -0.156. The molecule has 0 aliphatic heterocycles. The van der Waals surface area contributed by atoms with Gasteiger partial charge in [0.2, 0.25) is 0 Å². The Morgan fingerprint density at radius 3 is 2.50 bits per heavy atom. The molecule has 0 saturated heterocycles. The molecule has 3 heteroatoms. The fraction of sp³-hybridized carbons (Fsp3) is 0.806. The minimum absolute atomic E-state index is 0.00418. The number of unbranched alkanes of at least 4 members (excludes halogenated alkanes) is 7. The van der Waals surface area contributed by atoms with Crippen LogP contribution in [-0.4, -0.2) is 17.9 Å². The van der Waals surface area contributed by atoms with E-state index in [2.05, 4.69) is 33.8 Å². The predicted octanol–water partition coefficient (Wildman–Crippen LogP) is 7.98. The molecule has 34 heavy (non-hydrogen) atoms. The first-order valence-corrected chi connectivity index (χ1v) is 14.5. The zero-order valence-corrected chi connectivity index (χ0v) is 22.2. The summed E-state index contributed by atoms with van der Waals surface area (Å²) in [4.78, 5) is 24.8. The zero-order chi connectivity index (χ0) is 24.3. The molecule has 3 nitrogen and oxygen atoms in total. The van der Waals surface area contributed by atoms with Crippen molar-refractivity contribution >= 4 is 11.8 Å². The van der Waals surface area contributed by atoms with Crippen LogP contribution in [0.25, 0.3) is 0 Å². The van der Waals surface area contributed by atoms with E-state index >= 15 is 0 Å². The van der Waals surface area contributed by atoms with Crippen LogP contribution in [0.3, 0.4) is 0 Å². The van der Waals surface area contributed by atoms with Crippen LogP contribution >= 0.6 is 0 Å². The second kappa shape index (κ2) is 11.1. The van der Waals surface area contributed by atoms with Gasteiger partial charge in [-0.2, -0.15) is 0 Å². The van der Waals surface area contributed by atoms with E-state index in [9.17, 15) is 9.59 Å². The van der Waals surface area contributed by atoms with Gasteiger partial charge in [0.25, 0.3) is 0 Å². The molecule has 0 amide bonds. The number of carbonyl (C=O) groups is 2. The average Bonchev–Trinajstić information content (AvgIpc) is 3.10. The highest BCUT2D eigenvalue weighted by atomic mass is 16.5. The van der Waals surface area contributed by atoms with Gasteiger partial charge in [-0.1, -0.05) is 89.9 Å². The van der Waals surface area contributed by atoms with E-state index in [1.807, 2.05) is 6.08 Å². The lowest BCUT2D eigenvalue weighted by Gasteiger charge is -2.56. The molecule has 4 rings (SSSR count). The molecule has 0 spiro atoms. The van der Waals surface area contributed by atoms with Crippen molar-refractivity contribution in [3.8, 4) is 0 Å². The van der Waals surface area contributed by atoms with Gasteiger partial charge in [0.05, 0.1) is 0 Å². The van der Waals surface area contributed by atoms with Crippen molar-refractivity contribution in [3.05, 3.63) is 23.3 Å². The third kappa shape index (κ3) is 5.24. The van der Waals surface area contributed by atoms with Crippen molar-refractivity contribution in [1.82, 2.24) is 0 Å². The Morgan fingerprint density at radius 2 is 1.76 bits per heavy atom. The number of ketones is 1. The second-order valence-electron chi connectivity index (χ2n) is 12.3. The van der Waals surface area contributed by atoms with Gasteiger partial charge in [-0.05, 0) is 61.3 Å². The second-order valence-corrected chi connectivity index (χ2v) is 12.3. The number of esters is 1. The number of allylic oxidation sites excluding steroid dienone is 2. The Bertz CT molecular complexity index is 807. The largest absolute Gasteiger partial charge is 0.461 e. The molecule has 7 atom stereocenters. The van der Waals surface area contributed by atoms with E-state index in [1.54, 1.807) is 5.57 Å². The molecule has 190 valence electrons. The van der Waals surface area contributed by atoms with Crippen molar-refractivity contribution < 1.29 is 14.3 Å². The number of rotatable bonds is 10. The SMILES string of the molecule is CCCCCCCCCCC(=O)O[C@H]1CC=C2C3C(C4CCC(=O)C=C4C[C@H]3C)[C@@H](C)C[C@@]21C. The van der Waals surface area contributed by atoms with Crippen LogP contribution in [0.4, 0.5) is 0 Å². The van der Waals surface area contributed by atoms with Crippen LogP contribution in [0.1, 0.15) is 118 Å². The molecule has 0 radical (unpaired) electrons. The van der Waals surface area contributed by atoms with E-state index in [1.165, 1.54) is 44.1 Å². The van der Waals surface area contributed by atoms with E-state index < -0.39 is 0 Å². The van der Waals surface area contributed by atoms with Gasteiger partial charge < -0.3 is 4.74 Å². The number of carbonyl (C=O) groups excluding carboxylic acids is 2. The van der Waals surface area contributed by atoms with Crippen LogP contribution in [0.5, 0.6) is 0 Å². The van der Waals surface area contributed by atoms with Crippen molar-refractivity contribution in [1.29, 1.82) is 0 Å². The van der Waals surface area contributed by atoms with Crippen molar-refractivity contribution in [2.24, 2.45) is 35.0 Å². The maximum absolute atomic E-state index is 12.8. The summed E-state index contributed by atoms with van der Waals surface area (Å²) < 4.78 is 6.18. The number of ether oxygens (including phenoxy) is 1. The molecule has 0 aromatic rings. The lowest BCUT2D eigenvalue weighted by atomic mass is 9.49. The van der Waals surface area contributed by atoms with E-state index in [-0.39, 0.29) is 17.5 Å². The van der Waals surface area contributed by atoms with Gasteiger partial charge in [-0.25, -0.2) is 0 Å². The van der Waals surface area contributed by atoms with Gasteiger partial charge in [0.15, 0.2) is 5.78 Å². The Kier molecular flexibility index (Phi) is 8.41. The maximum Gasteiger partial charge on any atom is 0.306 e. The molecule has 2 saturated carbocycles. The summed E-state index contributed by atoms with van der Waals surface area (Å²) in [5.41, 5.74) is 2.98. The molecule has 0 bridgehead atoms. The monoisotopic (exact) mass is 468 g/mol. The molecule has 2 fully saturated rings. The predicted molar refractivity (Wildman–Crippen MR) is 138 cm³/mol. The van der Waals surface area contributed by atoms with Gasteiger partial charge in [0.1, 0.15) is 6.10 Å². The van der Waals surface area contributed by atoms with Gasteiger partial charge in [-0.3, -0.25) is 9.59 Å². The third-order valence-electron chi connectivity index (χ3n) is 9.77. The van der Waals surface area contributed by atoms with Crippen LogP contribution < -0.4 is 0 Å². The Balaban J connectivity index is 1.32. The number of hydrogen-bond acceptors (Lipinski definition) is 3. The first kappa shape index (κ1) is 25.7. The molecule has 0 heterocycles. The molecule has 4 aliphatic carbocycles. The summed E-state index contributed by atoms with van der Waals surface area (Å²) in [7, 11) is 0. The van der Waals surface area contributed by atoms with E-state index in [0.717, 1.165) is 38.5 Å². The summed E-state index contributed by atoms with van der Waals surface area (Å²) >= 11 is 0. The smallest absolute Gasteiger partial charge is 0.306 e. The highest BCUT2D eigenvalue weighted by Crippen LogP contribution is 2.63. The summed E-state index contributed by atoms with van der Waals surface area (Å²) in [6.45, 7) is 9.43. The van der Waals surface area contributed by atoms with Crippen molar-refractivity contribution in [2.45, 2.75) is 124 Å². The minimum Gasteiger partial charge on any atom is -0.461 e. The van der Waals surface area contributed by atoms with Gasteiger partial charge >= 0.3 is 5.97 Å². The standard InChI is InChI=1S/C31H48O3/c1-5-6-7-8-9-10-11-12-13-28(33)34-27-17-16-26-30-21(2)18-23-19-24(32)14-15-25(23)29(30)22(3)20-31(26,27)4/h16,19,21-22,25,27,29-30H,5-15,17-18,20H2,1-4H3/t21-,22+,25?,27+,29?,30?,31+/m1/s1. The molecular weight excluding hydrogens is 420 g/mol. The first-order chi connectivity index (χ1) is 16.3. The first-order valence-electron chi connectivity index (χ1n) is 14.5. The van der Waals surface area contributed by atoms with Gasteiger partial charge in [0, 0.05) is 24.7 Å². The highest BCUT2D eigenvalue weighted by Gasteiger charge is 2.57. The molecule has 0 N–H and O–H groups in total. The van der Waals surface area contributed by atoms with Crippen LogP contribution in [0.2, 0.25) is 0 Å². The molecule has 4 aliphatic rings. The summed E-state index contributed by atoms with van der Waals surface area (Å²) in [6, 6.07) is 0. The Hall–Kier alpha value is -1.38. The van der Waals surface area contributed by atoms with Crippen LogP contribution in [-0.2, 0) is 14.3 Å². The Morgan fingerprint density at radius 1 is 1.06 bits per heavy atom. The fourth-order valence-electron chi connectivity index (χ4n) is 8.20. The van der Waals surface area contributed by atoms with Crippen molar-refractivity contribution in [2.75, 3.05) is 0 Å². The minimum atomic E-state index is -0.0184. The number of hydrogen-bond donors (Lipinski definition) is 0. The average molecular weight is 469 g/mol. The van der Waals surface area contributed by atoms with E-state index in [4.69, 9.17) is 4.74 Å². The topological polar surface area (TPSA) is 43.4 Å². The lowest BCUT2D eigenvalue weighted by Crippen LogP contribution is -2.51. The molecular formula is C31H48O3.